The van der Waals surface area contributed by atoms with Crippen molar-refractivity contribution >= 4 is 11.9 Å². The van der Waals surface area contributed by atoms with Crippen LogP contribution in [0.2, 0.25) is 0 Å². The molecule has 1 amide bonds. The van der Waals surface area contributed by atoms with Crippen molar-refractivity contribution in [1.82, 2.24) is 5.32 Å². The quantitative estimate of drug-likeness (QED) is 0.0321. The van der Waals surface area contributed by atoms with E-state index in [0.717, 1.165) is 51.4 Å². The summed E-state index contributed by atoms with van der Waals surface area (Å²) >= 11 is 0. The summed E-state index contributed by atoms with van der Waals surface area (Å²) in [7, 11) is 0. The monoisotopic (exact) mass is 968 g/mol. The van der Waals surface area contributed by atoms with Crippen LogP contribution in [0.3, 0.4) is 0 Å². The van der Waals surface area contributed by atoms with E-state index in [2.05, 4.69) is 55.6 Å². The molecule has 0 rings (SSSR count). The van der Waals surface area contributed by atoms with Crippen LogP contribution < -0.4 is 5.32 Å². The second kappa shape index (κ2) is 58.4. The minimum Gasteiger partial charge on any atom is -0.466 e. The lowest BCUT2D eigenvalue weighted by molar-refractivity contribution is -0.143. The van der Waals surface area contributed by atoms with E-state index in [1.54, 1.807) is 6.08 Å². The topological polar surface area (TPSA) is 95.9 Å². The molecule has 0 spiro atoms. The molecule has 404 valence electrons. The molecule has 0 saturated heterocycles. The Morgan fingerprint density at radius 2 is 0.739 bits per heavy atom. The van der Waals surface area contributed by atoms with Gasteiger partial charge in [-0.2, -0.15) is 0 Å². The number of hydrogen-bond acceptors (Lipinski definition) is 5. The third-order valence-electron chi connectivity index (χ3n) is 13.8. The second-order valence-corrected chi connectivity index (χ2v) is 20.7. The Balaban J connectivity index is 3.36. The molecule has 6 heteroatoms. The fraction of sp³-hybridized carbons (Fsp3) is 0.841. The summed E-state index contributed by atoms with van der Waals surface area (Å²) in [6.45, 7) is 4.83. The van der Waals surface area contributed by atoms with Gasteiger partial charge in [-0.05, 0) is 83.5 Å². The van der Waals surface area contributed by atoms with Crippen molar-refractivity contribution in [2.75, 3.05) is 13.2 Å². The average Bonchev–Trinajstić information content (AvgIpc) is 3.35. The molecule has 0 radical (unpaired) electrons. The van der Waals surface area contributed by atoms with E-state index in [0.29, 0.717) is 19.4 Å². The molecule has 0 heterocycles. The maximum Gasteiger partial charge on any atom is 0.305 e. The molecule has 0 aromatic carbocycles. The number of aliphatic hydroxyl groups excluding tert-OH is 2. The van der Waals surface area contributed by atoms with Crippen LogP contribution in [-0.4, -0.2) is 47.4 Å². The Morgan fingerprint density at radius 3 is 1.16 bits per heavy atom. The summed E-state index contributed by atoms with van der Waals surface area (Å²) in [5, 5.41) is 22.9. The van der Waals surface area contributed by atoms with Crippen LogP contribution in [-0.2, 0) is 14.3 Å². The van der Waals surface area contributed by atoms with E-state index in [9.17, 15) is 19.8 Å². The number of esters is 1. The van der Waals surface area contributed by atoms with Crippen molar-refractivity contribution in [3.63, 3.8) is 0 Å². The van der Waals surface area contributed by atoms with Crippen LogP contribution in [0.15, 0.2) is 48.6 Å². The highest BCUT2D eigenvalue weighted by atomic mass is 16.5. The molecule has 3 N–H and O–H groups in total. The van der Waals surface area contributed by atoms with Crippen molar-refractivity contribution in [2.24, 2.45) is 0 Å². The van der Waals surface area contributed by atoms with Crippen LogP contribution in [0, 0.1) is 0 Å². The van der Waals surface area contributed by atoms with Gasteiger partial charge in [0.05, 0.1) is 25.4 Å². The number of aliphatic hydroxyl groups is 2. The van der Waals surface area contributed by atoms with Crippen LogP contribution in [0.25, 0.3) is 0 Å². The number of nitrogens with one attached hydrogen (secondary N) is 1. The zero-order valence-electron chi connectivity index (χ0n) is 46.0. The Labute approximate surface area is 429 Å². The van der Waals surface area contributed by atoms with Gasteiger partial charge in [-0.15, -0.1) is 0 Å². The lowest BCUT2D eigenvalue weighted by Gasteiger charge is -2.20. The SMILES string of the molecule is CCCC/C=C\C/C=C\CCCCCCCC(=O)OCCCCCCCCCCCCCC/C=C\CCCCCCCCCCCCCCCC(=O)NC(CO)C(O)/C=C/CCCCCCCCC. The maximum atomic E-state index is 12.4. The lowest BCUT2D eigenvalue weighted by atomic mass is 10.0. The zero-order valence-corrected chi connectivity index (χ0v) is 46.0. The van der Waals surface area contributed by atoms with Crippen molar-refractivity contribution in [2.45, 2.75) is 328 Å². The smallest absolute Gasteiger partial charge is 0.305 e. The molecule has 0 saturated carbocycles. The standard InChI is InChI=1S/C63H117NO5/c1-3-5-7-9-11-13-14-15-34-37-41-45-49-53-57-63(68)69-58-54-50-46-42-38-35-32-30-28-26-24-22-20-18-16-17-19-21-23-25-27-29-31-33-36-40-44-48-52-56-62(67)64-60(59-65)61(66)55-51-47-43-39-12-10-8-6-4-2/h9,11,14-16,18,51,55,60-61,65-66H,3-8,10,12-13,17,19-50,52-54,56-59H2,1-2H3,(H,64,67)/b11-9-,15-14-,18-16-,55-51+. The molecule has 0 aliphatic heterocycles. The predicted octanol–water partition coefficient (Wildman–Crippen LogP) is 19.0. The number of hydrogen-bond donors (Lipinski definition) is 3. The largest absolute Gasteiger partial charge is 0.466 e. The van der Waals surface area contributed by atoms with Crippen molar-refractivity contribution in [3.8, 4) is 0 Å². The van der Waals surface area contributed by atoms with Crippen molar-refractivity contribution < 1.29 is 24.5 Å². The lowest BCUT2D eigenvalue weighted by Crippen LogP contribution is -2.45. The molecule has 0 aliphatic carbocycles. The number of allylic oxidation sites excluding steroid dienone is 7. The Morgan fingerprint density at radius 1 is 0.406 bits per heavy atom. The molecule has 6 nitrogen and oxygen atoms in total. The van der Waals surface area contributed by atoms with E-state index >= 15 is 0 Å². The third-order valence-corrected chi connectivity index (χ3v) is 13.8. The van der Waals surface area contributed by atoms with E-state index in [4.69, 9.17) is 4.74 Å². The van der Waals surface area contributed by atoms with E-state index in [-0.39, 0.29) is 18.5 Å². The van der Waals surface area contributed by atoms with E-state index < -0.39 is 12.1 Å². The van der Waals surface area contributed by atoms with Gasteiger partial charge in [0, 0.05) is 12.8 Å². The highest BCUT2D eigenvalue weighted by molar-refractivity contribution is 5.76. The highest BCUT2D eigenvalue weighted by Crippen LogP contribution is 2.16. The van der Waals surface area contributed by atoms with Gasteiger partial charge >= 0.3 is 5.97 Å². The Hall–Kier alpha value is -2.18. The fourth-order valence-corrected chi connectivity index (χ4v) is 9.12. The third kappa shape index (κ3) is 55.0. The van der Waals surface area contributed by atoms with Gasteiger partial charge in [0.25, 0.3) is 0 Å². The molecule has 2 atom stereocenters. The van der Waals surface area contributed by atoms with Crippen LogP contribution in [0.4, 0.5) is 0 Å². The molecule has 69 heavy (non-hydrogen) atoms. The molecule has 0 aliphatic rings. The maximum absolute atomic E-state index is 12.4. The molecule has 0 aromatic heterocycles. The number of carbonyl (C=O) groups excluding carboxylic acids is 2. The molecule has 2 unspecified atom stereocenters. The molecular formula is C63H117NO5. The number of unbranched alkanes of at least 4 members (excludes halogenated alkanes) is 39. The Bertz CT molecular complexity index is 1160. The molecule has 0 fully saturated rings. The summed E-state index contributed by atoms with van der Waals surface area (Å²) in [6.07, 6.45) is 74.5. The van der Waals surface area contributed by atoms with Crippen LogP contribution in [0.1, 0.15) is 316 Å². The van der Waals surface area contributed by atoms with Crippen molar-refractivity contribution in [1.29, 1.82) is 0 Å². The van der Waals surface area contributed by atoms with Gasteiger partial charge in [0.2, 0.25) is 5.91 Å². The summed E-state index contributed by atoms with van der Waals surface area (Å²) in [5.41, 5.74) is 0. The summed E-state index contributed by atoms with van der Waals surface area (Å²) in [4.78, 5) is 24.4. The first-order valence-electron chi connectivity index (χ1n) is 30.4. The van der Waals surface area contributed by atoms with E-state index in [1.165, 1.54) is 238 Å². The van der Waals surface area contributed by atoms with Gasteiger partial charge in [-0.1, -0.05) is 268 Å². The first kappa shape index (κ1) is 66.8. The summed E-state index contributed by atoms with van der Waals surface area (Å²) < 4.78 is 5.47. The molecule has 0 bridgehead atoms. The number of carbonyl (C=O) groups is 2. The normalized spacial score (nSPS) is 12.9. The van der Waals surface area contributed by atoms with E-state index in [1.807, 2.05) is 6.08 Å². The Kier molecular flexibility index (Phi) is 56.5. The second-order valence-electron chi connectivity index (χ2n) is 20.7. The predicted molar refractivity (Wildman–Crippen MR) is 301 cm³/mol. The minimum atomic E-state index is -0.842. The van der Waals surface area contributed by atoms with Gasteiger partial charge < -0.3 is 20.3 Å². The zero-order chi connectivity index (χ0) is 50.0. The first-order chi connectivity index (χ1) is 34.0. The van der Waals surface area contributed by atoms with Gasteiger partial charge in [0.1, 0.15) is 0 Å². The highest BCUT2D eigenvalue weighted by Gasteiger charge is 2.18. The van der Waals surface area contributed by atoms with Gasteiger partial charge in [-0.25, -0.2) is 0 Å². The average molecular weight is 969 g/mol. The molecule has 0 aromatic rings. The number of amides is 1. The fourth-order valence-electron chi connectivity index (χ4n) is 9.12. The van der Waals surface area contributed by atoms with Gasteiger partial charge in [-0.3, -0.25) is 9.59 Å². The minimum absolute atomic E-state index is 0.000911. The van der Waals surface area contributed by atoms with Crippen LogP contribution >= 0.6 is 0 Å². The summed E-state index contributed by atoms with van der Waals surface area (Å²) in [5.74, 6) is -0.0691. The summed E-state index contributed by atoms with van der Waals surface area (Å²) in [6, 6.07) is -0.625. The first-order valence-corrected chi connectivity index (χ1v) is 30.4. The molecular weight excluding hydrogens is 851 g/mol. The number of rotatable bonds is 56. The number of ether oxygens (including phenoxy) is 1. The van der Waals surface area contributed by atoms with Gasteiger partial charge in [0.15, 0.2) is 0 Å². The van der Waals surface area contributed by atoms with Crippen LogP contribution in [0.5, 0.6) is 0 Å². The van der Waals surface area contributed by atoms with Crippen molar-refractivity contribution in [3.05, 3.63) is 48.6 Å².